The Labute approximate surface area is 158 Å². The number of carbonyl (C=O) groups excluding carboxylic acids is 1. The Hall–Kier alpha value is -3.19. The van der Waals surface area contributed by atoms with Gasteiger partial charge in [0.1, 0.15) is 0 Å². The second-order valence-corrected chi connectivity index (χ2v) is 7.97. The maximum atomic E-state index is 12.5. The number of nitrogens with one attached hydrogen (secondary N) is 2. The monoisotopic (exact) mass is 381 g/mol. The highest BCUT2D eigenvalue weighted by molar-refractivity contribution is 7.91. The van der Waals surface area contributed by atoms with Gasteiger partial charge in [-0.1, -0.05) is 24.3 Å². The van der Waals surface area contributed by atoms with Crippen molar-refractivity contribution in [3.05, 3.63) is 84.2 Å². The number of aryl methyl sites for hydroxylation is 1. The van der Waals surface area contributed by atoms with Crippen LogP contribution in [0.3, 0.4) is 0 Å². The molecule has 0 saturated heterocycles. The number of pyridine rings is 1. The van der Waals surface area contributed by atoms with Crippen LogP contribution in [0.4, 0.5) is 10.5 Å². The first-order chi connectivity index (χ1) is 12.9. The van der Waals surface area contributed by atoms with Gasteiger partial charge in [0.05, 0.1) is 9.79 Å². The Morgan fingerprint density at radius 3 is 2.30 bits per heavy atom. The molecule has 2 aromatic carbocycles. The minimum absolute atomic E-state index is 0.172. The lowest BCUT2D eigenvalue weighted by Gasteiger charge is -2.09. The van der Waals surface area contributed by atoms with Crippen LogP contribution in [0.5, 0.6) is 0 Å². The molecule has 0 fully saturated rings. The summed E-state index contributed by atoms with van der Waals surface area (Å²) in [6.07, 6.45) is 3.44. The molecule has 0 aliphatic rings. The highest BCUT2D eigenvalue weighted by Crippen LogP contribution is 2.22. The van der Waals surface area contributed by atoms with Crippen LogP contribution in [0.1, 0.15) is 11.1 Å². The molecule has 0 saturated carbocycles. The molecule has 138 valence electrons. The van der Waals surface area contributed by atoms with Gasteiger partial charge in [0.2, 0.25) is 9.84 Å². The molecule has 2 N–H and O–H groups in total. The van der Waals surface area contributed by atoms with E-state index >= 15 is 0 Å². The number of benzene rings is 2. The quantitative estimate of drug-likeness (QED) is 0.707. The predicted molar refractivity (Wildman–Crippen MR) is 103 cm³/mol. The predicted octanol–water partition coefficient (Wildman–Crippen LogP) is 3.54. The Morgan fingerprint density at radius 1 is 0.963 bits per heavy atom. The minimum atomic E-state index is -3.57. The molecule has 0 radical (unpaired) electrons. The van der Waals surface area contributed by atoms with Crippen molar-refractivity contribution in [2.24, 2.45) is 0 Å². The lowest BCUT2D eigenvalue weighted by molar-refractivity contribution is 0.251. The van der Waals surface area contributed by atoms with E-state index in [2.05, 4.69) is 15.6 Å². The molecule has 2 amide bonds. The molecular weight excluding hydrogens is 362 g/mol. The highest BCUT2D eigenvalue weighted by Gasteiger charge is 2.16. The molecule has 0 unspecified atom stereocenters. The fourth-order valence-corrected chi connectivity index (χ4v) is 3.81. The van der Waals surface area contributed by atoms with Crippen LogP contribution in [0, 0.1) is 6.92 Å². The second kappa shape index (κ2) is 8.01. The summed E-state index contributed by atoms with van der Waals surface area (Å²) in [6.45, 7) is 2.28. The number of amides is 2. The molecule has 0 atom stereocenters. The zero-order valence-electron chi connectivity index (χ0n) is 14.7. The Kier molecular flexibility index (Phi) is 5.52. The van der Waals surface area contributed by atoms with Crippen molar-refractivity contribution in [1.29, 1.82) is 0 Å². The maximum absolute atomic E-state index is 12.5. The molecule has 1 aromatic heterocycles. The zero-order valence-corrected chi connectivity index (χ0v) is 15.5. The zero-order chi connectivity index (χ0) is 19.3. The van der Waals surface area contributed by atoms with E-state index in [4.69, 9.17) is 0 Å². The van der Waals surface area contributed by atoms with Crippen LogP contribution in [-0.2, 0) is 16.4 Å². The van der Waals surface area contributed by atoms with Crippen molar-refractivity contribution in [1.82, 2.24) is 10.3 Å². The summed E-state index contributed by atoms with van der Waals surface area (Å²) in [4.78, 5) is 16.5. The fraction of sp³-hybridized carbons (Fsp3) is 0.100. The minimum Gasteiger partial charge on any atom is -0.334 e. The maximum Gasteiger partial charge on any atom is 0.319 e. The summed E-state index contributed by atoms with van der Waals surface area (Å²) in [5.41, 5.74) is 2.42. The van der Waals surface area contributed by atoms with Gasteiger partial charge in [-0.2, -0.15) is 0 Å². The van der Waals surface area contributed by atoms with E-state index in [1.54, 1.807) is 54.9 Å². The molecular formula is C20H19N3O3S. The Morgan fingerprint density at radius 2 is 1.63 bits per heavy atom. The molecule has 3 rings (SSSR count). The third-order valence-electron chi connectivity index (χ3n) is 3.86. The number of aromatic nitrogens is 1. The van der Waals surface area contributed by atoms with Gasteiger partial charge in [0.25, 0.3) is 0 Å². The van der Waals surface area contributed by atoms with Gasteiger partial charge in [-0.05, 0) is 54.4 Å². The van der Waals surface area contributed by atoms with Gasteiger partial charge in [0.15, 0.2) is 0 Å². The van der Waals surface area contributed by atoms with Gasteiger partial charge >= 0.3 is 6.03 Å². The fourth-order valence-electron chi connectivity index (χ4n) is 2.52. The Bertz CT molecular complexity index is 1030. The third kappa shape index (κ3) is 4.71. The molecule has 0 bridgehead atoms. The van der Waals surface area contributed by atoms with Crippen molar-refractivity contribution in [2.75, 3.05) is 5.32 Å². The summed E-state index contributed by atoms with van der Waals surface area (Å²) >= 11 is 0. The standard InChI is InChI=1S/C20H19N3O3S/c1-15-11-16(13-21-12-15)14-22-20(24)23-17-7-9-19(10-8-17)27(25,26)18-5-3-2-4-6-18/h2-13H,14H2,1H3,(H2,22,23,24). The summed E-state index contributed by atoms with van der Waals surface area (Å²) in [6, 6.07) is 15.8. The average Bonchev–Trinajstić information content (AvgIpc) is 2.68. The van der Waals surface area contributed by atoms with E-state index in [0.717, 1.165) is 11.1 Å². The first-order valence-electron chi connectivity index (χ1n) is 8.31. The highest BCUT2D eigenvalue weighted by atomic mass is 32.2. The van der Waals surface area contributed by atoms with Crippen molar-refractivity contribution in [3.63, 3.8) is 0 Å². The van der Waals surface area contributed by atoms with Crippen molar-refractivity contribution >= 4 is 21.6 Å². The molecule has 1 heterocycles. The van der Waals surface area contributed by atoms with Gasteiger partial charge < -0.3 is 10.6 Å². The van der Waals surface area contributed by atoms with Crippen LogP contribution in [0.2, 0.25) is 0 Å². The van der Waals surface area contributed by atoms with Gasteiger partial charge in [-0.15, -0.1) is 0 Å². The SMILES string of the molecule is Cc1cncc(CNC(=O)Nc2ccc(S(=O)(=O)c3ccccc3)cc2)c1. The van der Waals surface area contributed by atoms with E-state index in [0.29, 0.717) is 12.2 Å². The molecule has 0 aliphatic carbocycles. The normalized spacial score (nSPS) is 11.0. The lowest BCUT2D eigenvalue weighted by Crippen LogP contribution is -2.28. The van der Waals surface area contributed by atoms with Gasteiger partial charge in [-0.25, -0.2) is 13.2 Å². The first-order valence-corrected chi connectivity index (χ1v) is 9.79. The number of hydrogen-bond donors (Lipinski definition) is 2. The second-order valence-electron chi connectivity index (χ2n) is 6.02. The van der Waals surface area contributed by atoms with Crippen molar-refractivity contribution in [3.8, 4) is 0 Å². The summed E-state index contributed by atoms with van der Waals surface area (Å²) in [5.74, 6) is 0. The van der Waals surface area contributed by atoms with Crippen molar-refractivity contribution < 1.29 is 13.2 Å². The number of anilines is 1. The van der Waals surface area contributed by atoms with E-state index in [1.165, 1.54) is 12.1 Å². The van der Waals surface area contributed by atoms with E-state index < -0.39 is 9.84 Å². The van der Waals surface area contributed by atoms with E-state index in [9.17, 15) is 13.2 Å². The van der Waals surface area contributed by atoms with E-state index in [1.807, 2.05) is 13.0 Å². The van der Waals surface area contributed by atoms with Crippen LogP contribution in [0.15, 0.2) is 82.8 Å². The third-order valence-corrected chi connectivity index (χ3v) is 5.65. The average molecular weight is 381 g/mol. The topological polar surface area (TPSA) is 88.2 Å². The number of carbonyl (C=O) groups is 1. The van der Waals surface area contributed by atoms with Crippen LogP contribution < -0.4 is 10.6 Å². The summed E-state index contributed by atoms with van der Waals surface area (Å²) in [7, 11) is -3.57. The van der Waals surface area contributed by atoms with Crippen LogP contribution >= 0.6 is 0 Å². The lowest BCUT2D eigenvalue weighted by atomic mass is 10.2. The van der Waals surface area contributed by atoms with Gasteiger partial charge in [-0.3, -0.25) is 4.98 Å². The first kappa shape index (κ1) is 18.6. The largest absolute Gasteiger partial charge is 0.334 e. The van der Waals surface area contributed by atoms with E-state index in [-0.39, 0.29) is 15.8 Å². The number of sulfone groups is 1. The summed E-state index contributed by atoms with van der Waals surface area (Å²) in [5, 5.41) is 5.42. The molecule has 3 aromatic rings. The van der Waals surface area contributed by atoms with Crippen LogP contribution in [-0.4, -0.2) is 19.4 Å². The Balaban J connectivity index is 1.63. The number of nitrogens with zero attached hydrogens (tertiary/aromatic N) is 1. The number of urea groups is 1. The number of hydrogen-bond acceptors (Lipinski definition) is 4. The molecule has 7 heteroatoms. The van der Waals surface area contributed by atoms with Gasteiger partial charge in [0, 0.05) is 24.6 Å². The molecule has 0 aliphatic heterocycles. The molecule has 27 heavy (non-hydrogen) atoms. The number of rotatable bonds is 5. The molecule has 6 nitrogen and oxygen atoms in total. The van der Waals surface area contributed by atoms with Crippen LogP contribution in [0.25, 0.3) is 0 Å². The summed E-state index contributed by atoms with van der Waals surface area (Å²) < 4.78 is 25.1. The smallest absolute Gasteiger partial charge is 0.319 e. The van der Waals surface area contributed by atoms with Crippen molar-refractivity contribution in [2.45, 2.75) is 23.3 Å². The molecule has 0 spiro atoms.